The lowest BCUT2D eigenvalue weighted by Gasteiger charge is -2.23. The molecular weight excluding hydrogens is 480 g/mol. The van der Waals surface area contributed by atoms with Crippen LogP contribution < -0.4 is 0 Å². The number of hydrogen-bond donors (Lipinski definition) is 0. The Hall–Kier alpha value is -4.42. The Balaban J connectivity index is 1.20. The van der Waals surface area contributed by atoms with Crippen LogP contribution in [0.5, 0.6) is 0 Å². The van der Waals surface area contributed by atoms with Crippen molar-refractivity contribution in [2.45, 2.75) is 38.5 Å². The summed E-state index contributed by atoms with van der Waals surface area (Å²) in [6, 6.07) is 45.5. The fraction of sp³-hybridized carbons (Fsp3) is 0.150. The molecule has 0 heteroatoms. The van der Waals surface area contributed by atoms with Crippen molar-refractivity contribution in [3.8, 4) is 44.5 Å². The van der Waals surface area contributed by atoms with E-state index in [1.165, 1.54) is 77.5 Å². The molecule has 0 N–H and O–H groups in total. The topological polar surface area (TPSA) is 0 Å². The predicted molar refractivity (Wildman–Crippen MR) is 170 cm³/mol. The zero-order valence-electron chi connectivity index (χ0n) is 23.5. The SMILES string of the molecule is CC1(C)c2ccccc2-c2ccc(-c3ccc4c(c3)C(C)(C)c3cc(-c5ccc6ccccc6c5)ccc3-4)cc21. The Labute approximate surface area is 237 Å². The molecule has 8 rings (SSSR count). The molecule has 0 atom stereocenters. The van der Waals surface area contributed by atoms with E-state index >= 15 is 0 Å². The highest BCUT2D eigenvalue weighted by Crippen LogP contribution is 2.52. The lowest BCUT2D eigenvalue weighted by molar-refractivity contribution is 0.659. The third kappa shape index (κ3) is 3.20. The van der Waals surface area contributed by atoms with Crippen LogP contribution in [0.25, 0.3) is 55.3 Å². The van der Waals surface area contributed by atoms with Crippen molar-refractivity contribution >= 4 is 10.8 Å². The quantitative estimate of drug-likeness (QED) is 0.216. The summed E-state index contributed by atoms with van der Waals surface area (Å²) in [7, 11) is 0. The lowest BCUT2D eigenvalue weighted by Crippen LogP contribution is -2.15. The lowest BCUT2D eigenvalue weighted by atomic mass is 9.80. The molecule has 6 aromatic rings. The van der Waals surface area contributed by atoms with Gasteiger partial charge >= 0.3 is 0 Å². The van der Waals surface area contributed by atoms with E-state index < -0.39 is 0 Å². The van der Waals surface area contributed by atoms with Gasteiger partial charge in [-0.1, -0.05) is 125 Å². The molecule has 0 saturated heterocycles. The Kier molecular flexibility index (Phi) is 4.73. The van der Waals surface area contributed by atoms with Gasteiger partial charge in [0.15, 0.2) is 0 Å². The minimum Gasteiger partial charge on any atom is -0.0619 e. The Morgan fingerprint density at radius 3 is 1.30 bits per heavy atom. The molecule has 2 aliphatic rings. The van der Waals surface area contributed by atoms with E-state index in [4.69, 9.17) is 0 Å². The van der Waals surface area contributed by atoms with Crippen LogP contribution >= 0.6 is 0 Å². The summed E-state index contributed by atoms with van der Waals surface area (Å²) in [6.45, 7) is 9.48. The van der Waals surface area contributed by atoms with Crippen LogP contribution in [-0.2, 0) is 10.8 Å². The summed E-state index contributed by atoms with van der Waals surface area (Å²) in [5, 5.41) is 2.57. The van der Waals surface area contributed by atoms with Crippen LogP contribution in [0, 0.1) is 0 Å². The molecule has 0 amide bonds. The average molecular weight is 513 g/mol. The Morgan fingerprint density at radius 2 is 0.725 bits per heavy atom. The van der Waals surface area contributed by atoms with Gasteiger partial charge < -0.3 is 0 Å². The Bertz CT molecular complexity index is 2000. The maximum absolute atomic E-state index is 2.45. The smallest absolute Gasteiger partial charge is 0.0159 e. The summed E-state index contributed by atoms with van der Waals surface area (Å²) >= 11 is 0. The molecule has 0 fully saturated rings. The summed E-state index contributed by atoms with van der Waals surface area (Å²) in [5.41, 5.74) is 16.2. The molecule has 0 radical (unpaired) electrons. The summed E-state index contributed by atoms with van der Waals surface area (Å²) in [6.07, 6.45) is 0. The summed E-state index contributed by atoms with van der Waals surface area (Å²) < 4.78 is 0. The second-order valence-electron chi connectivity index (χ2n) is 12.6. The van der Waals surface area contributed by atoms with E-state index in [2.05, 4.69) is 149 Å². The molecule has 2 aliphatic carbocycles. The van der Waals surface area contributed by atoms with Gasteiger partial charge in [-0.15, -0.1) is 0 Å². The van der Waals surface area contributed by atoms with Crippen molar-refractivity contribution in [2.24, 2.45) is 0 Å². The van der Waals surface area contributed by atoms with Crippen molar-refractivity contribution in [3.63, 3.8) is 0 Å². The minimum absolute atomic E-state index is 0.00728. The largest absolute Gasteiger partial charge is 0.0619 e. The first-order chi connectivity index (χ1) is 19.3. The zero-order chi connectivity index (χ0) is 27.2. The molecule has 0 saturated carbocycles. The van der Waals surface area contributed by atoms with Crippen LogP contribution in [0.4, 0.5) is 0 Å². The minimum atomic E-state index is -0.0697. The van der Waals surface area contributed by atoms with E-state index in [-0.39, 0.29) is 10.8 Å². The van der Waals surface area contributed by atoms with Crippen LogP contribution in [0.1, 0.15) is 49.9 Å². The van der Waals surface area contributed by atoms with Crippen LogP contribution in [0.15, 0.2) is 121 Å². The molecule has 0 aliphatic heterocycles. The molecule has 0 heterocycles. The van der Waals surface area contributed by atoms with Gasteiger partial charge in [0.2, 0.25) is 0 Å². The molecule has 0 nitrogen and oxygen atoms in total. The van der Waals surface area contributed by atoms with E-state index in [9.17, 15) is 0 Å². The monoisotopic (exact) mass is 512 g/mol. The van der Waals surface area contributed by atoms with Crippen molar-refractivity contribution in [1.29, 1.82) is 0 Å². The van der Waals surface area contributed by atoms with Crippen molar-refractivity contribution in [3.05, 3.63) is 144 Å². The highest BCUT2D eigenvalue weighted by atomic mass is 14.4. The highest BCUT2D eigenvalue weighted by Gasteiger charge is 2.37. The van der Waals surface area contributed by atoms with Crippen LogP contribution in [0.2, 0.25) is 0 Å². The molecule has 6 aromatic carbocycles. The molecule has 192 valence electrons. The molecule has 0 bridgehead atoms. The maximum atomic E-state index is 2.45. The number of hydrogen-bond acceptors (Lipinski definition) is 0. The second kappa shape index (κ2) is 8.05. The number of rotatable bonds is 2. The van der Waals surface area contributed by atoms with E-state index in [0.717, 1.165) is 0 Å². The summed E-state index contributed by atoms with van der Waals surface area (Å²) in [4.78, 5) is 0. The van der Waals surface area contributed by atoms with Gasteiger partial charge in [-0.2, -0.15) is 0 Å². The van der Waals surface area contributed by atoms with Crippen LogP contribution in [0.3, 0.4) is 0 Å². The molecular formula is C40H32. The van der Waals surface area contributed by atoms with Crippen molar-refractivity contribution < 1.29 is 0 Å². The number of fused-ring (bicyclic) bond motifs is 7. The Morgan fingerprint density at radius 1 is 0.325 bits per heavy atom. The maximum Gasteiger partial charge on any atom is 0.0159 e. The molecule has 0 spiro atoms. The van der Waals surface area contributed by atoms with Gasteiger partial charge in [-0.3, -0.25) is 0 Å². The predicted octanol–water partition coefficient (Wildman–Crippen LogP) is 10.8. The number of benzene rings is 6. The second-order valence-corrected chi connectivity index (χ2v) is 12.6. The average Bonchev–Trinajstić information content (AvgIpc) is 3.35. The third-order valence-corrected chi connectivity index (χ3v) is 9.68. The van der Waals surface area contributed by atoms with Gasteiger partial charge in [0.05, 0.1) is 0 Å². The van der Waals surface area contributed by atoms with E-state index in [1.54, 1.807) is 0 Å². The van der Waals surface area contributed by atoms with Gasteiger partial charge in [-0.25, -0.2) is 0 Å². The highest BCUT2D eigenvalue weighted by molar-refractivity contribution is 5.90. The van der Waals surface area contributed by atoms with Crippen molar-refractivity contribution in [2.75, 3.05) is 0 Å². The van der Waals surface area contributed by atoms with E-state index in [1.807, 2.05) is 0 Å². The van der Waals surface area contributed by atoms with Gasteiger partial charge in [-0.05, 0) is 102 Å². The zero-order valence-corrected chi connectivity index (χ0v) is 23.5. The van der Waals surface area contributed by atoms with Crippen molar-refractivity contribution in [1.82, 2.24) is 0 Å². The molecule has 40 heavy (non-hydrogen) atoms. The normalized spacial score (nSPS) is 15.4. The summed E-state index contributed by atoms with van der Waals surface area (Å²) in [5.74, 6) is 0. The standard InChI is InChI=1S/C40H32/c1-39(2)35-12-8-7-11-31(35)32-18-16-29(23-36(32)39)30-17-20-34-33-19-15-28(22-37(33)40(3,4)38(34)24-30)27-14-13-25-9-5-6-10-26(25)21-27/h5-24H,1-4H3. The van der Waals surface area contributed by atoms with Gasteiger partial charge in [0.25, 0.3) is 0 Å². The van der Waals surface area contributed by atoms with Gasteiger partial charge in [0.1, 0.15) is 0 Å². The molecule has 0 unspecified atom stereocenters. The van der Waals surface area contributed by atoms with E-state index in [0.29, 0.717) is 0 Å². The fourth-order valence-electron chi connectivity index (χ4n) is 7.35. The molecule has 0 aromatic heterocycles. The third-order valence-electron chi connectivity index (χ3n) is 9.68. The van der Waals surface area contributed by atoms with Gasteiger partial charge in [0, 0.05) is 10.8 Å². The first-order valence-corrected chi connectivity index (χ1v) is 14.4. The first-order valence-electron chi connectivity index (χ1n) is 14.4. The van der Waals surface area contributed by atoms with Crippen LogP contribution in [-0.4, -0.2) is 0 Å². The first kappa shape index (κ1) is 23.5. The fourth-order valence-corrected chi connectivity index (χ4v) is 7.35.